The first-order valence-corrected chi connectivity index (χ1v) is 12.6. The van der Waals surface area contributed by atoms with Crippen LogP contribution >= 0.6 is 0 Å². The Labute approximate surface area is 208 Å². The molecule has 0 amide bonds. The van der Waals surface area contributed by atoms with Crippen molar-refractivity contribution in [3.63, 3.8) is 0 Å². The van der Waals surface area contributed by atoms with Gasteiger partial charge in [-0.05, 0) is 85.8 Å². The maximum absolute atomic E-state index is 12.6. The topological polar surface area (TPSA) is 97.7 Å². The molecule has 6 atom stereocenters. The van der Waals surface area contributed by atoms with Gasteiger partial charge in [0.2, 0.25) is 0 Å². The summed E-state index contributed by atoms with van der Waals surface area (Å²) in [6, 6.07) is 0. The summed E-state index contributed by atoms with van der Waals surface area (Å²) >= 11 is 0. The molecular formula is C29H38O6. The minimum atomic E-state index is -1.01. The van der Waals surface area contributed by atoms with Gasteiger partial charge in [0, 0.05) is 0 Å². The Kier molecular flexibility index (Phi) is 8.68. The molecule has 3 aliphatic carbocycles. The van der Waals surface area contributed by atoms with E-state index < -0.39 is 11.9 Å². The Balaban J connectivity index is 1.65. The summed E-state index contributed by atoms with van der Waals surface area (Å²) in [6.07, 6.45) is 14.5. The van der Waals surface area contributed by atoms with E-state index in [1.807, 2.05) is 32.1 Å². The molecule has 190 valence electrons. The third kappa shape index (κ3) is 6.28. The van der Waals surface area contributed by atoms with E-state index in [4.69, 9.17) is 9.84 Å². The Morgan fingerprint density at radius 1 is 1.31 bits per heavy atom. The second kappa shape index (κ2) is 11.3. The quantitative estimate of drug-likeness (QED) is 0.274. The lowest BCUT2D eigenvalue weighted by atomic mass is 9.63. The highest BCUT2D eigenvalue weighted by molar-refractivity contribution is 6.01. The number of carbonyl (C=O) groups excluding carboxylic acids is 3. The summed E-state index contributed by atoms with van der Waals surface area (Å²) in [7, 11) is 0. The number of ketones is 1. The van der Waals surface area contributed by atoms with Gasteiger partial charge in [-0.2, -0.15) is 0 Å². The first kappa shape index (κ1) is 26.8. The van der Waals surface area contributed by atoms with E-state index >= 15 is 0 Å². The van der Waals surface area contributed by atoms with Crippen molar-refractivity contribution in [2.75, 3.05) is 6.61 Å². The predicted octanol–water partition coefficient (Wildman–Crippen LogP) is 5.25. The summed E-state index contributed by atoms with van der Waals surface area (Å²) in [5.74, 6) is -0.344. The standard InChI is InChI=1S/C29H38O6/c1-18(17-35-27(34)11-10-26(32)33)6-5-7-19(2)22-12-13-29(4)15-23-20(3)14-25(31)28(23)21(16-30)8-9-24(22)29/h5-8,14,16,19,22-24,28H,9-13,15,17H2,1-4H3,(H,32,33)/b7-5-,18-6-,21-8-/t19-,22+,23+,24-,28-,29+/m0/s1. The molecule has 3 rings (SSSR count). The minimum absolute atomic E-state index is 0.0773. The van der Waals surface area contributed by atoms with Gasteiger partial charge < -0.3 is 9.84 Å². The number of allylic oxidation sites excluding steroid dienone is 7. The van der Waals surface area contributed by atoms with Crippen molar-refractivity contribution in [1.29, 1.82) is 0 Å². The van der Waals surface area contributed by atoms with Crippen molar-refractivity contribution >= 4 is 24.0 Å². The van der Waals surface area contributed by atoms with Crippen molar-refractivity contribution in [2.45, 2.75) is 66.2 Å². The lowest BCUT2D eigenvalue weighted by Gasteiger charge is -2.40. The molecule has 6 nitrogen and oxygen atoms in total. The molecule has 0 bridgehead atoms. The highest BCUT2D eigenvalue weighted by Gasteiger charge is 2.50. The zero-order valence-corrected chi connectivity index (χ0v) is 21.3. The van der Waals surface area contributed by atoms with E-state index in [9.17, 15) is 19.2 Å². The molecule has 0 aliphatic heterocycles. The van der Waals surface area contributed by atoms with Crippen LogP contribution < -0.4 is 0 Å². The molecular weight excluding hydrogens is 444 g/mol. The Bertz CT molecular complexity index is 983. The smallest absolute Gasteiger partial charge is 0.306 e. The van der Waals surface area contributed by atoms with Crippen LogP contribution in [-0.2, 0) is 23.9 Å². The van der Waals surface area contributed by atoms with Crippen molar-refractivity contribution in [3.05, 3.63) is 47.1 Å². The van der Waals surface area contributed by atoms with E-state index in [-0.39, 0.29) is 42.5 Å². The summed E-state index contributed by atoms with van der Waals surface area (Å²) in [6.45, 7) is 8.65. The Morgan fingerprint density at radius 2 is 2.06 bits per heavy atom. The summed E-state index contributed by atoms with van der Waals surface area (Å²) in [5.41, 5.74) is 2.78. The molecule has 0 radical (unpaired) electrons. The minimum Gasteiger partial charge on any atom is -0.481 e. The Morgan fingerprint density at radius 3 is 2.74 bits per heavy atom. The maximum atomic E-state index is 12.6. The second-order valence-electron chi connectivity index (χ2n) is 10.9. The molecule has 0 spiro atoms. The number of carbonyl (C=O) groups is 4. The molecule has 0 unspecified atom stereocenters. The first-order chi connectivity index (χ1) is 16.6. The molecule has 1 N–H and O–H groups in total. The Hall–Kier alpha value is -2.76. The lowest BCUT2D eigenvalue weighted by Crippen LogP contribution is -2.34. The number of carboxylic acid groups (broad SMARTS) is 1. The summed E-state index contributed by atoms with van der Waals surface area (Å²) in [5, 5.41) is 8.64. The molecule has 0 aromatic carbocycles. The van der Waals surface area contributed by atoms with Crippen LogP contribution in [0.2, 0.25) is 0 Å². The zero-order valence-electron chi connectivity index (χ0n) is 21.3. The van der Waals surface area contributed by atoms with Gasteiger partial charge in [0.05, 0.1) is 18.8 Å². The SMILES string of the molecule is CC1=CC(=O)[C@H]2/C(C=O)=C\C[C@H]3[C@@H]([C@@H](C)/C=C\C=C(\C)COC(=O)CCC(=O)O)CC[C@]3(C)C[C@H]12. The third-order valence-electron chi connectivity index (χ3n) is 8.39. The molecule has 0 saturated heterocycles. The van der Waals surface area contributed by atoms with Crippen LogP contribution in [0.4, 0.5) is 0 Å². The van der Waals surface area contributed by atoms with E-state index in [1.54, 1.807) is 6.08 Å². The molecule has 3 aliphatic rings. The fourth-order valence-corrected chi connectivity index (χ4v) is 6.37. The number of hydrogen-bond donors (Lipinski definition) is 1. The van der Waals surface area contributed by atoms with Gasteiger partial charge in [0.25, 0.3) is 0 Å². The molecule has 6 heteroatoms. The number of carboxylic acids is 1. The summed E-state index contributed by atoms with van der Waals surface area (Å²) in [4.78, 5) is 46.6. The predicted molar refractivity (Wildman–Crippen MR) is 133 cm³/mol. The van der Waals surface area contributed by atoms with Crippen LogP contribution in [0.1, 0.15) is 66.2 Å². The zero-order chi connectivity index (χ0) is 25.8. The molecule has 1 fully saturated rings. The molecule has 0 heterocycles. The van der Waals surface area contributed by atoms with E-state index in [1.165, 1.54) is 0 Å². The molecule has 1 saturated carbocycles. The number of ether oxygens (including phenoxy) is 1. The monoisotopic (exact) mass is 482 g/mol. The fourth-order valence-electron chi connectivity index (χ4n) is 6.37. The van der Waals surface area contributed by atoms with Gasteiger partial charge in [-0.3, -0.25) is 19.2 Å². The van der Waals surface area contributed by atoms with Gasteiger partial charge >= 0.3 is 11.9 Å². The average molecular weight is 483 g/mol. The number of hydrogen-bond acceptors (Lipinski definition) is 5. The highest BCUT2D eigenvalue weighted by atomic mass is 16.5. The van der Waals surface area contributed by atoms with Crippen LogP contribution in [-0.4, -0.2) is 35.7 Å². The number of aliphatic carboxylic acids is 1. The second-order valence-corrected chi connectivity index (χ2v) is 10.9. The molecule has 0 aromatic rings. The van der Waals surface area contributed by atoms with Crippen LogP contribution in [0.15, 0.2) is 47.1 Å². The van der Waals surface area contributed by atoms with Crippen molar-refractivity contribution < 1.29 is 29.0 Å². The summed E-state index contributed by atoms with van der Waals surface area (Å²) < 4.78 is 5.12. The first-order valence-electron chi connectivity index (χ1n) is 12.6. The van der Waals surface area contributed by atoms with Crippen molar-refractivity contribution in [2.24, 2.45) is 35.0 Å². The molecule has 35 heavy (non-hydrogen) atoms. The van der Waals surface area contributed by atoms with Crippen LogP contribution in [0.3, 0.4) is 0 Å². The van der Waals surface area contributed by atoms with Crippen LogP contribution in [0, 0.1) is 35.0 Å². The van der Waals surface area contributed by atoms with Gasteiger partial charge in [0.1, 0.15) is 12.9 Å². The van der Waals surface area contributed by atoms with E-state index in [0.29, 0.717) is 23.3 Å². The van der Waals surface area contributed by atoms with E-state index in [2.05, 4.69) is 19.9 Å². The normalized spacial score (nSPS) is 33.1. The van der Waals surface area contributed by atoms with Crippen molar-refractivity contribution in [1.82, 2.24) is 0 Å². The van der Waals surface area contributed by atoms with Gasteiger partial charge in [-0.1, -0.05) is 43.7 Å². The number of rotatable bonds is 9. The number of fused-ring (bicyclic) bond motifs is 2. The maximum Gasteiger partial charge on any atom is 0.306 e. The third-order valence-corrected chi connectivity index (χ3v) is 8.39. The number of esters is 1. The van der Waals surface area contributed by atoms with Crippen LogP contribution in [0.25, 0.3) is 0 Å². The average Bonchev–Trinajstić information content (AvgIpc) is 3.25. The molecule has 0 aromatic heterocycles. The van der Waals surface area contributed by atoms with E-state index in [0.717, 1.165) is 43.1 Å². The van der Waals surface area contributed by atoms with Crippen molar-refractivity contribution in [3.8, 4) is 0 Å². The highest BCUT2D eigenvalue weighted by Crippen LogP contribution is 2.58. The van der Waals surface area contributed by atoms with Gasteiger partial charge in [-0.15, -0.1) is 0 Å². The number of aldehydes is 1. The fraction of sp³-hybridized carbons (Fsp3) is 0.586. The van der Waals surface area contributed by atoms with Crippen LogP contribution in [0.5, 0.6) is 0 Å². The lowest BCUT2D eigenvalue weighted by molar-refractivity contribution is -0.147. The van der Waals surface area contributed by atoms with Gasteiger partial charge in [-0.25, -0.2) is 0 Å². The van der Waals surface area contributed by atoms with Gasteiger partial charge in [0.15, 0.2) is 5.78 Å². The largest absolute Gasteiger partial charge is 0.481 e.